The Labute approximate surface area is 93.7 Å². The fraction of sp³-hybridized carbons (Fsp3) is 0.500. The number of nitrogens with one attached hydrogen (secondary N) is 1. The fourth-order valence-corrected chi connectivity index (χ4v) is 1.12. The Hall–Kier alpha value is -1.53. The lowest BCUT2D eigenvalue weighted by molar-refractivity contribution is -0.140. The number of hydrogen-bond donors (Lipinski definition) is 2. The normalized spacial score (nSPS) is 12.4. The average Bonchev–Trinajstić information content (AvgIpc) is 2.26. The summed E-state index contributed by atoms with van der Waals surface area (Å²) in [5, 5.41) is 11.7. The van der Waals surface area contributed by atoms with E-state index in [9.17, 15) is 4.79 Å². The number of carbonyl (C=O) groups is 1. The Bertz CT molecular complexity index is 340. The average molecular weight is 225 g/mol. The van der Waals surface area contributed by atoms with Gasteiger partial charge in [-0.3, -0.25) is 20.1 Å². The van der Waals surface area contributed by atoms with Crippen molar-refractivity contribution in [2.45, 2.75) is 19.5 Å². The zero-order chi connectivity index (χ0) is 12.0. The molecule has 0 aliphatic rings. The largest absolute Gasteiger partial charge is 0.480 e. The van der Waals surface area contributed by atoms with Crippen LogP contribution in [0, 0.1) is 6.92 Å². The van der Waals surface area contributed by atoms with Crippen LogP contribution in [0.5, 0.6) is 0 Å². The van der Waals surface area contributed by atoms with Crippen molar-refractivity contribution < 1.29 is 14.6 Å². The molecule has 88 valence electrons. The first-order chi connectivity index (χ1) is 7.63. The van der Waals surface area contributed by atoms with Crippen LogP contribution in [0.1, 0.15) is 11.4 Å². The minimum absolute atomic E-state index is 0.120. The number of aryl methyl sites for hydroxylation is 1. The van der Waals surface area contributed by atoms with E-state index in [2.05, 4.69) is 15.3 Å². The first-order valence-electron chi connectivity index (χ1n) is 4.86. The predicted molar refractivity (Wildman–Crippen MR) is 56.9 cm³/mol. The number of aromatic nitrogens is 2. The monoisotopic (exact) mass is 225 g/mol. The minimum Gasteiger partial charge on any atom is -0.480 e. The highest BCUT2D eigenvalue weighted by atomic mass is 16.5. The van der Waals surface area contributed by atoms with Crippen LogP contribution >= 0.6 is 0 Å². The zero-order valence-electron chi connectivity index (χ0n) is 9.30. The van der Waals surface area contributed by atoms with Crippen LogP contribution in [-0.4, -0.2) is 40.8 Å². The molecule has 0 aromatic carbocycles. The van der Waals surface area contributed by atoms with Gasteiger partial charge in [-0.05, 0) is 6.92 Å². The first kappa shape index (κ1) is 12.5. The molecule has 6 nitrogen and oxygen atoms in total. The van der Waals surface area contributed by atoms with Gasteiger partial charge < -0.3 is 9.84 Å². The van der Waals surface area contributed by atoms with Gasteiger partial charge in [-0.15, -0.1) is 0 Å². The molecule has 0 aliphatic heterocycles. The summed E-state index contributed by atoms with van der Waals surface area (Å²) in [5.41, 5.74) is 1.53. The number of aliphatic carboxylic acids is 1. The van der Waals surface area contributed by atoms with Gasteiger partial charge in [0.2, 0.25) is 0 Å². The molecule has 0 radical (unpaired) electrons. The van der Waals surface area contributed by atoms with Crippen LogP contribution in [0.15, 0.2) is 12.4 Å². The van der Waals surface area contributed by atoms with Crippen molar-refractivity contribution in [1.29, 1.82) is 0 Å². The lowest BCUT2D eigenvalue weighted by Crippen LogP contribution is -2.40. The Morgan fingerprint density at radius 1 is 1.56 bits per heavy atom. The number of hydrogen-bond acceptors (Lipinski definition) is 5. The van der Waals surface area contributed by atoms with E-state index in [4.69, 9.17) is 9.84 Å². The van der Waals surface area contributed by atoms with Crippen molar-refractivity contribution >= 4 is 5.97 Å². The van der Waals surface area contributed by atoms with Crippen molar-refractivity contribution in [2.75, 3.05) is 13.7 Å². The number of ether oxygens (including phenoxy) is 1. The summed E-state index contributed by atoms with van der Waals surface area (Å²) in [6, 6.07) is -0.729. The number of carboxylic acids is 1. The number of carboxylic acid groups (broad SMARTS) is 1. The maximum atomic E-state index is 10.8. The Balaban J connectivity index is 2.48. The highest BCUT2D eigenvalue weighted by Gasteiger charge is 2.16. The second-order valence-electron chi connectivity index (χ2n) is 3.38. The minimum atomic E-state index is -0.943. The highest BCUT2D eigenvalue weighted by molar-refractivity contribution is 5.73. The van der Waals surface area contributed by atoms with Crippen molar-refractivity contribution in [3.8, 4) is 0 Å². The first-order valence-corrected chi connectivity index (χ1v) is 4.86. The second-order valence-corrected chi connectivity index (χ2v) is 3.38. The van der Waals surface area contributed by atoms with Crippen LogP contribution in [0.25, 0.3) is 0 Å². The third-order valence-corrected chi connectivity index (χ3v) is 2.00. The number of methoxy groups -OCH3 is 1. The van der Waals surface area contributed by atoms with Gasteiger partial charge in [-0.25, -0.2) is 0 Å². The molecule has 0 spiro atoms. The SMILES string of the molecule is COCC(NCc1cnc(C)cn1)C(=O)O. The Morgan fingerprint density at radius 2 is 2.31 bits per heavy atom. The van der Waals surface area contributed by atoms with Crippen molar-refractivity contribution in [2.24, 2.45) is 0 Å². The molecule has 0 amide bonds. The topological polar surface area (TPSA) is 84.3 Å². The van der Waals surface area contributed by atoms with Crippen molar-refractivity contribution in [1.82, 2.24) is 15.3 Å². The molecule has 1 atom stereocenters. The van der Waals surface area contributed by atoms with Gasteiger partial charge in [0.15, 0.2) is 0 Å². The van der Waals surface area contributed by atoms with Gasteiger partial charge in [0.25, 0.3) is 0 Å². The van der Waals surface area contributed by atoms with Gasteiger partial charge in [0.05, 0.1) is 18.0 Å². The molecule has 1 aromatic heterocycles. The van der Waals surface area contributed by atoms with E-state index in [0.29, 0.717) is 12.2 Å². The smallest absolute Gasteiger partial charge is 0.323 e. The van der Waals surface area contributed by atoms with E-state index in [1.165, 1.54) is 7.11 Å². The van der Waals surface area contributed by atoms with Crippen LogP contribution in [0.4, 0.5) is 0 Å². The van der Waals surface area contributed by atoms with Crippen LogP contribution in [-0.2, 0) is 16.1 Å². The zero-order valence-corrected chi connectivity index (χ0v) is 9.30. The quantitative estimate of drug-likeness (QED) is 0.707. The summed E-state index contributed by atoms with van der Waals surface area (Å²) < 4.78 is 4.79. The van der Waals surface area contributed by atoms with Crippen molar-refractivity contribution in [3.05, 3.63) is 23.8 Å². The summed E-state index contributed by atoms with van der Waals surface area (Å²) in [4.78, 5) is 19.0. The molecule has 2 N–H and O–H groups in total. The fourth-order valence-electron chi connectivity index (χ4n) is 1.12. The van der Waals surface area contributed by atoms with Crippen LogP contribution < -0.4 is 5.32 Å². The second kappa shape index (κ2) is 6.14. The molecule has 1 unspecified atom stereocenters. The number of nitrogens with zero attached hydrogens (tertiary/aromatic N) is 2. The molecule has 0 saturated carbocycles. The van der Waals surface area contributed by atoms with E-state index in [1.54, 1.807) is 12.4 Å². The van der Waals surface area contributed by atoms with E-state index in [1.807, 2.05) is 6.92 Å². The molecular formula is C10H15N3O3. The summed E-state index contributed by atoms with van der Waals surface area (Å²) in [6.45, 7) is 2.32. The van der Waals surface area contributed by atoms with Crippen LogP contribution in [0.3, 0.4) is 0 Å². The van der Waals surface area contributed by atoms with Crippen molar-refractivity contribution in [3.63, 3.8) is 0 Å². The van der Waals surface area contributed by atoms with Gasteiger partial charge in [0, 0.05) is 26.0 Å². The molecule has 1 aromatic rings. The lowest BCUT2D eigenvalue weighted by Gasteiger charge is -2.12. The van der Waals surface area contributed by atoms with E-state index in [0.717, 1.165) is 5.69 Å². The van der Waals surface area contributed by atoms with Gasteiger partial charge in [-0.2, -0.15) is 0 Å². The van der Waals surface area contributed by atoms with E-state index >= 15 is 0 Å². The molecule has 0 fully saturated rings. The Morgan fingerprint density at radius 3 is 2.81 bits per heavy atom. The maximum absolute atomic E-state index is 10.8. The maximum Gasteiger partial charge on any atom is 0.323 e. The predicted octanol–water partition coefficient (Wildman–Crippen LogP) is -0.0258. The summed E-state index contributed by atoms with van der Waals surface area (Å²) >= 11 is 0. The summed E-state index contributed by atoms with van der Waals surface area (Å²) in [7, 11) is 1.46. The standard InChI is InChI=1S/C10H15N3O3/c1-7-3-12-8(4-11-7)5-13-9(6-16-2)10(14)15/h3-4,9,13H,5-6H2,1-2H3,(H,14,15). The third-order valence-electron chi connectivity index (χ3n) is 2.00. The molecule has 0 bridgehead atoms. The molecule has 1 heterocycles. The lowest BCUT2D eigenvalue weighted by atomic mass is 10.3. The van der Waals surface area contributed by atoms with E-state index < -0.39 is 12.0 Å². The Kier molecular flexibility index (Phi) is 4.81. The number of rotatable bonds is 6. The molecule has 0 aliphatic carbocycles. The summed E-state index contributed by atoms with van der Waals surface area (Å²) in [5.74, 6) is -0.943. The third kappa shape index (κ3) is 3.92. The molecule has 1 rings (SSSR count). The molecule has 0 saturated heterocycles. The summed E-state index contributed by atoms with van der Waals surface area (Å²) in [6.07, 6.45) is 3.26. The molecule has 6 heteroatoms. The molecular weight excluding hydrogens is 210 g/mol. The van der Waals surface area contributed by atoms with Gasteiger partial charge in [-0.1, -0.05) is 0 Å². The van der Waals surface area contributed by atoms with Crippen LogP contribution in [0.2, 0.25) is 0 Å². The van der Waals surface area contributed by atoms with Gasteiger partial charge >= 0.3 is 5.97 Å². The van der Waals surface area contributed by atoms with Gasteiger partial charge in [0.1, 0.15) is 6.04 Å². The molecule has 16 heavy (non-hydrogen) atoms. The van der Waals surface area contributed by atoms with E-state index in [-0.39, 0.29) is 6.61 Å². The highest BCUT2D eigenvalue weighted by Crippen LogP contribution is 1.95.